The van der Waals surface area contributed by atoms with Crippen molar-refractivity contribution in [3.63, 3.8) is 0 Å². The molecule has 134 valence electrons. The van der Waals surface area contributed by atoms with Gasteiger partial charge in [-0.2, -0.15) is 0 Å². The van der Waals surface area contributed by atoms with Crippen LogP contribution in [0.4, 0.5) is 15.8 Å². The summed E-state index contributed by atoms with van der Waals surface area (Å²) < 4.78 is 46.3. The third-order valence-corrected chi connectivity index (χ3v) is 5.08. The highest BCUT2D eigenvalue weighted by Crippen LogP contribution is 2.29. The minimum atomic E-state index is -3.97. The molecular weight excluding hydrogens is 347 g/mol. The number of anilines is 2. The van der Waals surface area contributed by atoms with Crippen LogP contribution in [0.5, 0.6) is 5.75 Å². The van der Waals surface area contributed by atoms with E-state index in [2.05, 4.69) is 4.72 Å². The number of carbonyl (C=O) groups excluding carboxylic acids is 1. The fourth-order valence-corrected chi connectivity index (χ4v) is 3.42. The van der Waals surface area contributed by atoms with Crippen LogP contribution in [0.25, 0.3) is 0 Å². The highest BCUT2D eigenvalue weighted by atomic mass is 32.2. The Balaban J connectivity index is 2.46. The maximum Gasteiger partial charge on any atom is 0.261 e. The van der Waals surface area contributed by atoms with Crippen LogP contribution < -0.4 is 14.4 Å². The fraction of sp³-hybridized carbons (Fsp3) is 0.235. The molecule has 0 aromatic heterocycles. The second kappa shape index (κ2) is 7.10. The van der Waals surface area contributed by atoms with Gasteiger partial charge in [-0.1, -0.05) is 0 Å². The SMILES string of the molecule is COc1ccc(S(=O)(=O)Nc2cc(F)ccc2N(C)C(C)=O)cc1C. The van der Waals surface area contributed by atoms with E-state index in [1.54, 1.807) is 6.92 Å². The second-order valence-corrected chi connectivity index (χ2v) is 7.16. The average molecular weight is 366 g/mol. The second-order valence-electron chi connectivity index (χ2n) is 5.48. The van der Waals surface area contributed by atoms with Crippen LogP contribution in [0.1, 0.15) is 12.5 Å². The van der Waals surface area contributed by atoms with Crippen molar-refractivity contribution in [1.82, 2.24) is 0 Å². The number of methoxy groups -OCH3 is 1. The van der Waals surface area contributed by atoms with Crippen molar-refractivity contribution in [2.75, 3.05) is 23.8 Å². The molecule has 0 aliphatic carbocycles. The molecule has 6 nitrogen and oxygen atoms in total. The summed E-state index contributed by atoms with van der Waals surface area (Å²) in [5.41, 5.74) is 0.875. The molecule has 2 aromatic carbocycles. The molecule has 0 fully saturated rings. The quantitative estimate of drug-likeness (QED) is 0.883. The fourth-order valence-electron chi connectivity index (χ4n) is 2.27. The number of rotatable bonds is 5. The lowest BCUT2D eigenvalue weighted by Crippen LogP contribution is -2.25. The summed E-state index contributed by atoms with van der Waals surface area (Å²) in [5, 5.41) is 0. The number of aryl methyl sites for hydroxylation is 1. The summed E-state index contributed by atoms with van der Waals surface area (Å²) in [7, 11) is -1.00. The number of carbonyl (C=O) groups is 1. The zero-order valence-electron chi connectivity index (χ0n) is 14.3. The number of amides is 1. The van der Waals surface area contributed by atoms with Crippen molar-refractivity contribution >= 4 is 27.3 Å². The Morgan fingerprint density at radius 1 is 1.20 bits per heavy atom. The van der Waals surface area contributed by atoms with E-state index in [4.69, 9.17) is 4.74 Å². The monoisotopic (exact) mass is 366 g/mol. The molecule has 8 heteroatoms. The van der Waals surface area contributed by atoms with Crippen LogP contribution >= 0.6 is 0 Å². The lowest BCUT2D eigenvalue weighted by Gasteiger charge is -2.20. The van der Waals surface area contributed by atoms with E-state index in [1.165, 1.54) is 50.2 Å². The van der Waals surface area contributed by atoms with Gasteiger partial charge in [0.2, 0.25) is 5.91 Å². The van der Waals surface area contributed by atoms with E-state index in [1.807, 2.05) is 0 Å². The molecule has 0 aliphatic rings. The lowest BCUT2D eigenvalue weighted by atomic mass is 10.2. The molecule has 0 radical (unpaired) electrons. The Morgan fingerprint density at radius 3 is 2.44 bits per heavy atom. The number of ether oxygens (including phenoxy) is 1. The van der Waals surface area contributed by atoms with Gasteiger partial charge in [0.15, 0.2) is 0 Å². The standard InChI is InChI=1S/C17H19FN2O4S/c1-11-9-14(6-8-17(11)24-4)25(22,23)19-15-10-13(18)5-7-16(15)20(3)12(2)21/h5-10,19H,1-4H3. The minimum Gasteiger partial charge on any atom is -0.496 e. The van der Waals surface area contributed by atoms with Gasteiger partial charge < -0.3 is 9.64 Å². The van der Waals surface area contributed by atoms with Crippen LogP contribution in [0, 0.1) is 12.7 Å². The number of sulfonamides is 1. The zero-order valence-corrected chi connectivity index (χ0v) is 15.1. The van der Waals surface area contributed by atoms with Crippen molar-refractivity contribution < 1.29 is 22.3 Å². The Kier molecular flexibility index (Phi) is 5.32. The molecule has 1 N–H and O–H groups in total. The number of nitrogens with zero attached hydrogens (tertiary/aromatic N) is 1. The summed E-state index contributed by atoms with van der Waals surface area (Å²) in [6.07, 6.45) is 0. The smallest absolute Gasteiger partial charge is 0.261 e. The molecule has 2 rings (SSSR count). The molecule has 2 aromatic rings. The summed E-state index contributed by atoms with van der Waals surface area (Å²) in [6.45, 7) is 3.05. The van der Waals surface area contributed by atoms with Crippen LogP contribution in [-0.4, -0.2) is 28.5 Å². The highest BCUT2D eigenvalue weighted by Gasteiger charge is 2.20. The largest absolute Gasteiger partial charge is 0.496 e. The van der Waals surface area contributed by atoms with E-state index in [0.29, 0.717) is 11.3 Å². The molecule has 0 bridgehead atoms. The zero-order chi connectivity index (χ0) is 18.8. The summed E-state index contributed by atoms with van der Waals surface area (Å²) in [4.78, 5) is 12.8. The van der Waals surface area contributed by atoms with Gasteiger partial charge in [0.25, 0.3) is 10.0 Å². The van der Waals surface area contributed by atoms with Gasteiger partial charge >= 0.3 is 0 Å². The van der Waals surface area contributed by atoms with Gasteiger partial charge in [-0.15, -0.1) is 0 Å². The molecule has 0 saturated heterocycles. The number of hydrogen-bond donors (Lipinski definition) is 1. The highest BCUT2D eigenvalue weighted by molar-refractivity contribution is 7.92. The third-order valence-electron chi connectivity index (χ3n) is 3.71. The molecule has 1 amide bonds. The van der Waals surface area contributed by atoms with Crippen LogP contribution in [0.3, 0.4) is 0 Å². The van der Waals surface area contributed by atoms with E-state index in [9.17, 15) is 17.6 Å². The molecular formula is C17H19FN2O4S. The van der Waals surface area contributed by atoms with Crippen molar-refractivity contribution in [2.45, 2.75) is 18.7 Å². The van der Waals surface area contributed by atoms with Crippen molar-refractivity contribution in [3.05, 3.63) is 47.8 Å². The van der Waals surface area contributed by atoms with Gasteiger partial charge in [0, 0.05) is 20.0 Å². The Bertz CT molecular complexity index is 913. The van der Waals surface area contributed by atoms with E-state index in [-0.39, 0.29) is 22.2 Å². The molecule has 0 unspecified atom stereocenters. The Labute approximate surface area is 146 Å². The molecule has 0 heterocycles. The van der Waals surface area contributed by atoms with E-state index >= 15 is 0 Å². The van der Waals surface area contributed by atoms with Crippen LogP contribution in [-0.2, 0) is 14.8 Å². The van der Waals surface area contributed by atoms with Crippen LogP contribution in [0.15, 0.2) is 41.3 Å². The normalized spacial score (nSPS) is 11.1. The van der Waals surface area contributed by atoms with Gasteiger partial charge in [-0.25, -0.2) is 12.8 Å². The average Bonchev–Trinajstić information content (AvgIpc) is 2.53. The molecule has 0 saturated carbocycles. The third kappa shape index (κ3) is 4.08. The summed E-state index contributed by atoms with van der Waals surface area (Å²) in [6, 6.07) is 7.91. The Morgan fingerprint density at radius 2 is 1.88 bits per heavy atom. The van der Waals surface area contributed by atoms with E-state index in [0.717, 1.165) is 12.1 Å². The first kappa shape index (κ1) is 18.7. The maximum atomic E-state index is 13.6. The van der Waals surface area contributed by atoms with Gasteiger partial charge in [0.1, 0.15) is 11.6 Å². The number of benzene rings is 2. The molecule has 25 heavy (non-hydrogen) atoms. The van der Waals surface area contributed by atoms with Crippen molar-refractivity contribution in [3.8, 4) is 5.75 Å². The van der Waals surface area contributed by atoms with Crippen LogP contribution in [0.2, 0.25) is 0 Å². The summed E-state index contributed by atoms with van der Waals surface area (Å²) in [5.74, 6) is -0.377. The predicted octanol–water partition coefficient (Wildman–Crippen LogP) is 2.93. The first-order valence-electron chi connectivity index (χ1n) is 7.37. The number of hydrogen-bond acceptors (Lipinski definition) is 4. The number of halogens is 1. The minimum absolute atomic E-state index is 0.00601. The van der Waals surface area contributed by atoms with Crippen molar-refractivity contribution in [1.29, 1.82) is 0 Å². The summed E-state index contributed by atoms with van der Waals surface area (Å²) >= 11 is 0. The van der Waals surface area contributed by atoms with Gasteiger partial charge in [-0.05, 0) is 42.8 Å². The van der Waals surface area contributed by atoms with E-state index < -0.39 is 15.8 Å². The molecule has 0 spiro atoms. The lowest BCUT2D eigenvalue weighted by molar-refractivity contribution is -0.116. The Hall–Kier alpha value is -2.61. The van der Waals surface area contributed by atoms with Gasteiger partial charge in [0.05, 0.1) is 23.4 Å². The first-order valence-corrected chi connectivity index (χ1v) is 8.85. The molecule has 0 aliphatic heterocycles. The van der Waals surface area contributed by atoms with Gasteiger partial charge in [-0.3, -0.25) is 9.52 Å². The topological polar surface area (TPSA) is 75.7 Å². The predicted molar refractivity (Wildman–Crippen MR) is 94.0 cm³/mol. The number of nitrogens with one attached hydrogen (secondary N) is 1. The maximum absolute atomic E-state index is 13.6. The molecule has 0 atom stereocenters. The van der Waals surface area contributed by atoms with Crippen molar-refractivity contribution in [2.24, 2.45) is 0 Å². The first-order chi connectivity index (χ1) is 11.7.